The molecule has 8 unspecified atom stereocenters. The summed E-state index contributed by atoms with van der Waals surface area (Å²) in [5.41, 5.74) is 0.594. The number of aliphatic hydroxyl groups is 5. The summed E-state index contributed by atoms with van der Waals surface area (Å²) in [6.07, 6.45) is 4.62. The standard InChI is InChI=1S/C43H45N3O12/c47-22-34-37(51)38(52)39(53)43(56,58-34)57-33-20-30-28(19-32(33)49)36-29(41(14-5-2-6-15-41)26-7-3-1-4-8-26)13-16-42(36,40(54)55)46(30)35(50)12-10-24-9-11-31(48)25(17-24)18-27-21-44-23-45-27/h1,3-4,7-13,16-17,19-21,29,34,36-39,47-49,51-53,56H,2,5-6,14-15,18,22-23H2,(H,54,55). The van der Waals surface area contributed by atoms with Crippen LogP contribution < -0.4 is 9.64 Å². The minimum absolute atomic E-state index is 0.0261. The number of aliphatic hydroxyl groups excluding tert-OH is 4. The number of aliphatic carboxylic acids is 1. The van der Waals surface area contributed by atoms with E-state index in [4.69, 9.17) is 9.47 Å². The Balaban J connectivity index is 1.24. The van der Waals surface area contributed by atoms with Crippen molar-refractivity contribution in [1.29, 1.82) is 0 Å². The van der Waals surface area contributed by atoms with E-state index in [1.165, 1.54) is 30.4 Å². The number of rotatable bonds is 10. The molecule has 2 aliphatic carbocycles. The quantitative estimate of drug-likeness (QED) is 0.0840. The number of phenols is 2. The number of nitrogens with zero attached hydrogens (tertiary/aromatic N) is 3. The summed E-state index contributed by atoms with van der Waals surface area (Å²) in [6.45, 7) is -0.575. The molecule has 5 aliphatic rings. The van der Waals surface area contributed by atoms with Crippen molar-refractivity contribution < 1.29 is 59.9 Å². The molecule has 8 atom stereocenters. The summed E-state index contributed by atoms with van der Waals surface area (Å²) in [7, 11) is 0. The summed E-state index contributed by atoms with van der Waals surface area (Å²) in [4.78, 5) is 38.1. The monoisotopic (exact) mass is 795 g/mol. The van der Waals surface area contributed by atoms with Crippen LogP contribution >= 0.6 is 0 Å². The Morgan fingerprint density at radius 2 is 1.72 bits per heavy atom. The third kappa shape index (κ3) is 6.38. The van der Waals surface area contributed by atoms with E-state index in [1.54, 1.807) is 24.4 Å². The number of carboxylic acids is 1. The number of ether oxygens (including phenoxy) is 2. The number of aromatic hydroxyl groups is 2. The topological polar surface area (TPSA) is 242 Å². The number of aliphatic imine (C=N–C) groups is 2. The Hall–Kier alpha value is -5.42. The van der Waals surface area contributed by atoms with Crippen molar-refractivity contribution in [2.45, 2.75) is 85.8 Å². The van der Waals surface area contributed by atoms with Crippen molar-refractivity contribution in [2.24, 2.45) is 15.9 Å². The molecule has 0 aromatic heterocycles. The fraction of sp³-hybridized carbons (Fsp3) is 0.395. The average Bonchev–Trinajstić information content (AvgIpc) is 3.95. The van der Waals surface area contributed by atoms with E-state index in [2.05, 4.69) is 9.98 Å². The number of amides is 1. The van der Waals surface area contributed by atoms with Gasteiger partial charge in [0.15, 0.2) is 23.1 Å². The second-order valence-corrected chi connectivity index (χ2v) is 15.6. The van der Waals surface area contributed by atoms with Gasteiger partial charge in [-0.3, -0.25) is 19.7 Å². The van der Waals surface area contributed by atoms with Gasteiger partial charge in [0, 0.05) is 41.7 Å². The normalized spacial score (nSPS) is 31.0. The molecule has 3 aromatic carbocycles. The van der Waals surface area contributed by atoms with Crippen molar-refractivity contribution in [1.82, 2.24) is 0 Å². The summed E-state index contributed by atoms with van der Waals surface area (Å²) in [6, 6.07) is 17.1. The maximum Gasteiger partial charge on any atom is 0.355 e. The van der Waals surface area contributed by atoms with Crippen LogP contribution in [0.25, 0.3) is 6.08 Å². The van der Waals surface area contributed by atoms with Crippen molar-refractivity contribution >= 4 is 35.6 Å². The minimum atomic E-state index is -3.11. The van der Waals surface area contributed by atoms with Gasteiger partial charge in [0.2, 0.25) is 0 Å². The van der Waals surface area contributed by atoms with Gasteiger partial charge in [0.05, 0.1) is 18.0 Å². The van der Waals surface area contributed by atoms with Crippen LogP contribution in [0.5, 0.6) is 17.2 Å². The zero-order chi connectivity index (χ0) is 41.0. The highest BCUT2D eigenvalue weighted by Gasteiger charge is 2.66. The molecule has 1 saturated carbocycles. The first kappa shape index (κ1) is 39.4. The largest absolute Gasteiger partial charge is 0.508 e. The van der Waals surface area contributed by atoms with Gasteiger partial charge in [-0.2, -0.15) is 0 Å². The van der Waals surface area contributed by atoms with E-state index in [0.29, 0.717) is 35.5 Å². The highest BCUT2D eigenvalue weighted by molar-refractivity contribution is 6.32. The number of anilines is 1. The molecule has 3 aromatic rings. The lowest BCUT2D eigenvalue weighted by Gasteiger charge is -2.46. The summed E-state index contributed by atoms with van der Waals surface area (Å²) >= 11 is 0. The molecule has 1 amide bonds. The Bertz CT molecular complexity index is 2220. The van der Waals surface area contributed by atoms with Gasteiger partial charge in [0.1, 0.15) is 30.7 Å². The molecular formula is C43H45N3O12. The van der Waals surface area contributed by atoms with E-state index in [1.807, 2.05) is 36.4 Å². The van der Waals surface area contributed by atoms with Gasteiger partial charge in [-0.1, -0.05) is 67.8 Å². The molecule has 8 N–H and O–H groups in total. The summed E-state index contributed by atoms with van der Waals surface area (Å²) in [5, 5.41) is 86.0. The lowest BCUT2D eigenvalue weighted by atomic mass is 9.57. The maximum absolute atomic E-state index is 14.7. The molecular weight excluding hydrogens is 750 g/mol. The predicted molar refractivity (Wildman–Crippen MR) is 210 cm³/mol. The molecule has 304 valence electrons. The summed E-state index contributed by atoms with van der Waals surface area (Å²) in [5.74, 6) is -7.70. The molecule has 15 nitrogen and oxygen atoms in total. The molecule has 3 aliphatic heterocycles. The number of carboxylic acid groups (broad SMARTS) is 1. The molecule has 1 saturated heterocycles. The molecule has 2 fully saturated rings. The van der Waals surface area contributed by atoms with Crippen LogP contribution in [-0.2, 0) is 26.2 Å². The smallest absolute Gasteiger partial charge is 0.355 e. The molecule has 8 rings (SSSR count). The maximum atomic E-state index is 14.7. The van der Waals surface area contributed by atoms with E-state index in [-0.39, 0.29) is 11.4 Å². The number of hydrogen-bond acceptors (Lipinski definition) is 13. The Kier molecular flexibility index (Phi) is 10.2. The zero-order valence-corrected chi connectivity index (χ0v) is 31.3. The van der Waals surface area contributed by atoms with E-state index < -0.39 is 83.2 Å². The van der Waals surface area contributed by atoms with E-state index in [0.717, 1.165) is 42.6 Å². The Labute approximate surface area is 333 Å². The third-order valence-corrected chi connectivity index (χ3v) is 12.4. The highest BCUT2D eigenvalue weighted by atomic mass is 16.8. The number of carbonyl (C=O) groups excluding carboxylic acids is 1. The number of fused-ring (bicyclic) bond motifs is 3. The second-order valence-electron chi connectivity index (χ2n) is 15.6. The highest BCUT2D eigenvalue weighted by Crippen LogP contribution is 2.64. The third-order valence-electron chi connectivity index (χ3n) is 12.4. The number of allylic oxidation sites excluding steroid dienone is 1. The SMILES string of the molecule is O=C(C=Cc1ccc(O)c(CC2=NCN=C2)c1)N1c2cc(OC3(O)OC(CO)C(O)C(O)C3O)c(O)cc2C2C(C3(c4ccccc4)CCCCC3)C=CC21C(=O)O. The van der Waals surface area contributed by atoms with Gasteiger partial charge in [-0.25, -0.2) is 4.79 Å². The average molecular weight is 796 g/mol. The fourth-order valence-corrected chi connectivity index (χ4v) is 9.63. The van der Waals surface area contributed by atoms with Crippen molar-refractivity contribution in [2.75, 3.05) is 18.2 Å². The van der Waals surface area contributed by atoms with Crippen LogP contribution in [0.4, 0.5) is 5.69 Å². The molecule has 0 spiro atoms. The molecule has 58 heavy (non-hydrogen) atoms. The van der Waals surface area contributed by atoms with Crippen LogP contribution in [0.1, 0.15) is 60.3 Å². The first-order valence-corrected chi connectivity index (χ1v) is 19.3. The summed E-state index contributed by atoms with van der Waals surface area (Å²) < 4.78 is 10.9. The van der Waals surface area contributed by atoms with E-state index >= 15 is 0 Å². The molecule has 3 heterocycles. The van der Waals surface area contributed by atoms with E-state index in [9.17, 15) is 50.4 Å². The minimum Gasteiger partial charge on any atom is -0.508 e. The van der Waals surface area contributed by atoms with Crippen LogP contribution in [0, 0.1) is 5.92 Å². The van der Waals surface area contributed by atoms with Crippen molar-refractivity contribution in [3.63, 3.8) is 0 Å². The van der Waals surface area contributed by atoms with Crippen LogP contribution in [0.15, 0.2) is 88.9 Å². The second kappa shape index (κ2) is 15.1. The first-order valence-electron chi connectivity index (χ1n) is 19.3. The number of phenolic OH excluding ortho intramolecular Hbond substituents is 2. The number of carbonyl (C=O) groups is 2. The van der Waals surface area contributed by atoms with Gasteiger partial charge in [0.25, 0.3) is 5.91 Å². The van der Waals surface area contributed by atoms with Crippen molar-refractivity contribution in [3.8, 4) is 17.2 Å². The van der Waals surface area contributed by atoms with Gasteiger partial charge >= 0.3 is 11.9 Å². The number of benzene rings is 3. The molecule has 15 heteroatoms. The lowest BCUT2D eigenvalue weighted by Crippen LogP contribution is -2.67. The van der Waals surface area contributed by atoms with Gasteiger partial charge in [-0.15, -0.1) is 0 Å². The van der Waals surface area contributed by atoms with Crippen LogP contribution in [-0.4, -0.2) is 114 Å². The number of hydrogen-bond donors (Lipinski definition) is 8. The van der Waals surface area contributed by atoms with Gasteiger partial charge in [-0.05, 0) is 59.7 Å². The fourth-order valence-electron chi connectivity index (χ4n) is 9.63. The first-order chi connectivity index (χ1) is 27.8. The Morgan fingerprint density at radius 1 is 0.966 bits per heavy atom. The van der Waals surface area contributed by atoms with Crippen LogP contribution in [0.3, 0.4) is 0 Å². The van der Waals surface area contributed by atoms with Crippen molar-refractivity contribution in [3.05, 3.63) is 101 Å². The predicted octanol–water partition coefficient (Wildman–Crippen LogP) is 2.68. The Morgan fingerprint density at radius 3 is 2.41 bits per heavy atom. The van der Waals surface area contributed by atoms with Gasteiger partial charge < -0.3 is 50.3 Å². The lowest BCUT2D eigenvalue weighted by molar-refractivity contribution is -0.422. The molecule has 0 bridgehead atoms. The molecule has 0 radical (unpaired) electrons. The van der Waals surface area contributed by atoms with Crippen LogP contribution in [0.2, 0.25) is 0 Å². The zero-order valence-electron chi connectivity index (χ0n) is 31.3.